The van der Waals surface area contributed by atoms with Crippen LogP contribution in [0.4, 0.5) is 0 Å². The molecule has 3 heteroatoms. The molecule has 3 nitrogen and oxygen atoms in total. The maximum atomic E-state index is 12.4. The smallest absolute Gasteiger partial charge is 0.251 e. The fraction of sp³-hybridized carbons (Fsp3) is 0.269. The number of nitrogens with zero attached hydrogens (tertiary/aromatic N) is 1. The molecule has 29 heavy (non-hydrogen) atoms. The summed E-state index contributed by atoms with van der Waals surface area (Å²) in [4.78, 5) is 14.9. The number of carbonyl (C=O) groups excluding carboxylic acids is 1. The molecule has 1 aliphatic rings. The molecule has 1 N–H and O–H groups in total. The molecule has 0 bridgehead atoms. The van der Waals surface area contributed by atoms with Gasteiger partial charge in [-0.2, -0.15) is 0 Å². The van der Waals surface area contributed by atoms with Crippen LogP contribution >= 0.6 is 0 Å². The molecule has 0 radical (unpaired) electrons. The number of hydrogen-bond acceptors (Lipinski definition) is 2. The minimum atomic E-state index is 0.0177. The molecule has 0 atom stereocenters. The fourth-order valence-corrected chi connectivity index (χ4v) is 3.92. The van der Waals surface area contributed by atoms with Crippen molar-refractivity contribution in [2.24, 2.45) is 0 Å². The summed E-state index contributed by atoms with van der Waals surface area (Å²) >= 11 is 0. The van der Waals surface area contributed by atoms with Gasteiger partial charge in [-0.1, -0.05) is 66.7 Å². The number of hydrogen-bond donors (Lipinski definition) is 1. The number of nitrogens with one attached hydrogen (secondary N) is 1. The Kier molecular flexibility index (Phi) is 6.38. The standard InChI is InChI=1S/C26H28N2O/c29-26(25-13-12-22-10-4-5-11-24(22)20-25)27-16-6-7-17-28-18-14-23(15-19-28)21-8-2-1-3-9-21/h1-5,8-14,20H,6-7,15-19H2,(H,27,29). The molecule has 0 unspecified atom stereocenters. The van der Waals surface area contributed by atoms with Gasteiger partial charge in [-0.15, -0.1) is 0 Å². The van der Waals surface area contributed by atoms with E-state index in [1.807, 2.05) is 36.4 Å². The van der Waals surface area contributed by atoms with Crippen molar-refractivity contribution in [3.63, 3.8) is 0 Å². The summed E-state index contributed by atoms with van der Waals surface area (Å²) in [6.07, 6.45) is 5.58. The van der Waals surface area contributed by atoms with Crippen molar-refractivity contribution in [1.82, 2.24) is 10.2 Å². The zero-order valence-corrected chi connectivity index (χ0v) is 16.8. The summed E-state index contributed by atoms with van der Waals surface area (Å²) < 4.78 is 0. The minimum absolute atomic E-state index is 0.0177. The van der Waals surface area contributed by atoms with E-state index in [2.05, 4.69) is 52.7 Å². The van der Waals surface area contributed by atoms with Gasteiger partial charge in [0.05, 0.1) is 0 Å². The van der Waals surface area contributed by atoms with Gasteiger partial charge in [-0.3, -0.25) is 9.69 Å². The lowest BCUT2D eigenvalue weighted by Gasteiger charge is -2.26. The molecule has 0 saturated heterocycles. The second kappa shape index (κ2) is 9.53. The molecule has 3 aromatic carbocycles. The van der Waals surface area contributed by atoms with Crippen LogP contribution in [-0.2, 0) is 0 Å². The maximum absolute atomic E-state index is 12.4. The van der Waals surface area contributed by atoms with Gasteiger partial charge in [0, 0.05) is 25.2 Å². The SMILES string of the molecule is O=C(NCCCCN1CC=C(c2ccccc2)CC1)c1ccc2ccccc2c1. The van der Waals surface area contributed by atoms with E-state index < -0.39 is 0 Å². The van der Waals surface area contributed by atoms with Gasteiger partial charge in [-0.05, 0) is 59.8 Å². The first-order valence-corrected chi connectivity index (χ1v) is 10.5. The molecule has 0 spiro atoms. The summed E-state index contributed by atoms with van der Waals surface area (Å²) in [5, 5.41) is 5.33. The summed E-state index contributed by atoms with van der Waals surface area (Å²) in [5.41, 5.74) is 3.55. The number of unbranched alkanes of at least 4 members (excludes halogenated alkanes) is 1. The fourth-order valence-electron chi connectivity index (χ4n) is 3.92. The third-order valence-corrected chi connectivity index (χ3v) is 5.64. The quantitative estimate of drug-likeness (QED) is 0.572. The molecular weight excluding hydrogens is 356 g/mol. The number of rotatable bonds is 7. The van der Waals surface area contributed by atoms with Crippen molar-refractivity contribution in [1.29, 1.82) is 0 Å². The van der Waals surface area contributed by atoms with E-state index >= 15 is 0 Å². The lowest BCUT2D eigenvalue weighted by molar-refractivity contribution is 0.0952. The number of amides is 1. The first-order chi connectivity index (χ1) is 14.3. The van der Waals surface area contributed by atoms with Crippen molar-refractivity contribution in [3.05, 3.63) is 90.0 Å². The lowest BCUT2D eigenvalue weighted by Crippen LogP contribution is -2.30. The Morgan fingerprint density at radius 1 is 0.897 bits per heavy atom. The molecule has 0 aromatic heterocycles. The van der Waals surface area contributed by atoms with Crippen LogP contribution in [0.15, 0.2) is 78.9 Å². The molecule has 0 aliphatic carbocycles. The maximum Gasteiger partial charge on any atom is 0.251 e. The second-order valence-electron chi connectivity index (χ2n) is 7.67. The molecule has 1 heterocycles. The third-order valence-electron chi connectivity index (χ3n) is 5.64. The van der Waals surface area contributed by atoms with E-state index in [0.29, 0.717) is 0 Å². The number of benzene rings is 3. The molecule has 1 aliphatic heterocycles. The van der Waals surface area contributed by atoms with Gasteiger partial charge in [0.15, 0.2) is 0 Å². The topological polar surface area (TPSA) is 32.3 Å². The second-order valence-corrected chi connectivity index (χ2v) is 7.67. The monoisotopic (exact) mass is 384 g/mol. The van der Waals surface area contributed by atoms with Gasteiger partial charge in [0.2, 0.25) is 0 Å². The molecule has 4 rings (SSSR count). The zero-order valence-electron chi connectivity index (χ0n) is 16.8. The van der Waals surface area contributed by atoms with Crippen molar-refractivity contribution in [2.45, 2.75) is 19.3 Å². The summed E-state index contributed by atoms with van der Waals surface area (Å²) in [6, 6.07) is 24.7. The molecule has 0 fully saturated rings. The van der Waals surface area contributed by atoms with Crippen LogP contribution in [0.2, 0.25) is 0 Å². The zero-order chi connectivity index (χ0) is 19.9. The van der Waals surface area contributed by atoms with E-state index in [-0.39, 0.29) is 5.91 Å². The van der Waals surface area contributed by atoms with Crippen LogP contribution in [0.3, 0.4) is 0 Å². The predicted molar refractivity (Wildman–Crippen MR) is 121 cm³/mol. The molecular formula is C26H28N2O. The lowest BCUT2D eigenvalue weighted by atomic mass is 9.99. The van der Waals surface area contributed by atoms with Crippen LogP contribution in [0.5, 0.6) is 0 Å². The van der Waals surface area contributed by atoms with E-state index in [1.54, 1.807) is 0 Å². The van der Waals surface area contributed by atoms with Gasteiger partial charge < -0.3 is 5.32 Å². The van der Waals surface area contributed by atoms with E-state index in [4.69, 9.17) is 0 Å². The molecule has 1 amide bonds. The average molecular weight is 385 g/mol. The average Bonchev–Trinajstić information content (AvgIpc) is 2.79. The first-order valence-electron chi connectivity index (χ1n) is 10.5. The van der Waals surface area contributed by atoms with Gasteiger partial charge in [0.1, 0.15) is 0 Å². The molecule has 148 valence electrons. The van der Waals surface area contributed by atoms with Gasteiger partial charge >= 0.3 is 0 Å². The Bertz CT molecular complexity index is 994. The van der Waals surface area contributed by atoms with Gasteiger partial charge in [-0.25, -0.2) is 0 Å². The summed E-state index contributed by atoms with van der Waals surface area (Å²) in [5.74, 6) is 0.0177. The molecule has 3 aromatic rings. The highest BCUT2D eigenvalue weighted by molar-refractivity contribution is 5.98. The van der Waals surface area contributed by atoms with E-state index in [9.17, 15) is 4.79 Å². The summed E-state index contributed by atoms with van der Waals surface area (Å²) in [7, 11) is 0. The normalized spacial score (nSPS) is 14.6. The molecule has 0 saturated carbocycles. The third kappa shape index (κ3) is 5.12. The van der Waals surface area contributed by atoms with Crippen LogP contribution < -0.4 is 5.32 Å². The first kappa shape index (κ1) is 19.4. The van der Waals surface area contributed by atoms with Crippen LogP contribution in [0.25, 0.3) is 16.3 Å². The van der Waals surface area contributed by atoms with E-state index in [0.717, 1.165) is 61.8 Å². The Balaban J connectivity index is 1.17. The van der Waals surface area contributed by atoms with Crippen molar-refractivity contribution in [2.75, 3.05) is 26.2 Å². The van der Waals surface area contributed by atoms with Crippen LogP contribution in [0.1, 0.15) is 35.2 Å². The predicted octanol–water partition coefficient (Wildman–Crippen LogP) is 5.14. The largest absolute Gasteiger partial charge is 0.352 e. The van der Waals surface area contributed by atoms with Crippen LogP contribution in [-0.4, -0.2) is 37.0 Å². The van der Waals surface area contributed by atoms with Crippen LogP contribution in [0, 0.1) is 0 Å². The Hall–Kier alpha value is -2.91. The highest BCUT2D eigenvalue weighted by Crippen LogP contribution is 2.22. The van der Waals surface area contributed by atoms with Crippen molar-refractivity contribution >= 4 is 22.3 Å². The Morgan fingerprint density at radius 3 is 2.48 bits per heavy atom. The number of fused-ring (bicyclic) bond motifs is 1. The number of carbonyl (C=O) groups is 1. The van der Waals surface area contributed by atoms with E-state index in [1.165, 1.54) is 11.1 Å². The van der Waals surface area contributed by atoms with Gasteiger partial charge in [0.25, 0.3) is 5.91 Å². The van der Waals surface area contributed by atoms with Crippen molar-refractivity contribution < 1.29 is 4.79 Å². The Morgan fingerprint density at radius 2 is 1.69 bits per heavy atom. The summed E-state index contributed by atoms with van der Waals surface area (Å²) in [6.45, 7) is 3.95. The Labute approximate surface area is 173 Å². The van der Waals surface area contributed by atoms with Crippen molar-refractivity contribution in [3.8, 4) is 0 Å². The minimum Gasteiger partial charge on any atom is -0.352 e. The highest BCUT2D eigenvalue weighted by atomic mass is 16.1. The highest BCUT2D eigenvalue weighted by Gasteiger charge is 2.12.